The first-order valence-corrected chi connectivity index (χ1v) is 9.34. The van der Waals surface area contributed by atoms with Crippen LogP contribution < -0.4 is 10.9 Å². The largest absolute Gasteiger partial charge is 0.446 e. The molecule has 1 amide bonds. The van der Waals surface area contributed by atoms with E-state index in [0.29, 0.717) is 17.8 Å². The van der Waals surface area contributed by atoms with Crippen LogP contribution in [0.4, 0.5) is 13.2 Å². The van der Waals surface area contributed by atoms with Gasteiger partial charge in [-0.15, -0.1) is 0 Å². The van der Waals surface area contributed by atoms with Crippen molar-refractivity contribution in [2.75, 3.05) is 0 Å². The van der Waals surface area contributed by atoms with Crippen molar-refractivity contribution >= 4 is 17.7 Å². The first-order chi connectivity index (χ1) is 12.7. The molecule has 1 aliphatic carbocycles. The van der Waals surface area contributed by atoms with Crippen molar-refractivity contribution in [3.8, 4) is 0 Å². The summed E-state index contributed by atoms with van der Waals surface area (Å²) in [6.45, 7) is 1.85. The number of carbonyl (C=O) groups is 1. The molecule has 1 saturated carbocycles. The van der Waals surface area contributed by atoms with Crippen LogP contribution in [0.15, 0.2) is 40.0 Å². The number of thioether (sulfide) groups is 1. The molecule has 3 rings (SSSR count). The fourth-order valence-corrected chi connectivity index (χ4v) is 3.24. The van der Waals surface area contributed by atoms with E-state index in [2.05, 4.69) is 15.3 Å². The molecule has 0 unspecified atom stereocenters. The van der Waals surface area contributed by atoms with Crippen molar-refractivity contribution in [2.45, 2.75) is 48.5 Å². The van der Waals surface area contributed by atoms with Gasteiger partial charge in [0.25, 0.3) is 11.5 Å². The Labute approximate surface area is 157 Å². The van der Waals surface area contributed by atoms with E-state index in [1.165, 1.54) is 12.1 Å². The second kappa shape index (κ2) is 7.75. The molecule has 0 spiro atoms. The summed E-state index contributed by atoms with van der Waals surface area (Å²) in [4.78, 5) is 31.2. The Morgan fingerprint density at radius 2 is 2.00 bits per heavy atom. The average molecular weight is 397 g/mol. The van der Waals surface area contributed by atoms with E-state index in [0.717, 1.165) is 18.9 Å². The highest BCUT2D eigenvalue weighted by atomic mass is 32.2. The van der Waals surface area contributed by atoms with Gasteiger partial charge in [0.05, 0.1) is 6.04 Å². The summed E-state index contributed by atoms with van der Waals surface area (Å²) < 4.78 is 37.3. The molecule has 1 aromatic carbocycles. The number of halogens is 3. The minimum atomic E-state index is -4.34. The molecule has 0 aliphatic heterocycles. The summed E-state index contributed by atoms with van der Waals surface area (Å²) in [5.41, 5.74) is -3.99. The van der Waals surface area contributed by atoms with Crippen molar-refractivity contribution in [3.05, 3.63) is 57.8 Å². The number of hydrogen-bond donors (Lipinski definition) is 2. The predicted molar refractivity (Wildman–Crippen MR) is 95.7 cm³/mol. The summed E-state index contributed by atoms with van der Waals surface area (Å²) in [5, 5.41) is 2.80. The van der Waals surface area contributed by atoms with Crippen LogP contribution in [0.1, 0.15) is 60.0 Å². The molecule has 9 heteroatoms. The summed E-state index contributed by atoms with van der Waals surface area (Å²) in [5.74, 6) is 0.240. The van der Waals surface area contributed by atoms with Crippen LogP contribution in [0.5, 0.6) is 0 Å². The van der Waals surface area contributed by atoms with Gasteiger partial charge in [0, 0.05) is 16.9 Å². The number of amides is 1. The smallest absolute Gasteiger partial charge is 0.344 e. The van der Waals surface area contributed by atoms with E-state index >= 15 is 0 Å². The third-order valence-corrected chi connectivity index (χ3v) is 4.93. The van der Waals surface area contributed by atoms with Crippen LogP contribution in [0.3, 0.4) is 0 Å². The minimum Gasteiger partial charge on any atom is -0.344 e. The van der Waals surface area contributed by atoms with Gasteiger partial charge in [-0.2, -0.15) is 13.2 Å². The van der Waals surface area contributed by atoms with Crippen molar-refractivity contribution < 1.29 is 18.0 Å². The number of aromatic amines is 1. The lowest BCUT2D eigenvalue weighted by Gasteiger charge is -2.18. The molecule has 1 aromatic heterocycles. The lowest BCUT2D eigenvalue weighted by molar-refractivity contribution is -0.0328. The molecule has 1 atom stereocenters. The molecule has 0 saturated heterocycles. The highest BCUT2D eigenvalue weighted by Crippen LogP contribution is 2.38. The Bertz CT molecular complexity index is 877. The second-order valence-corrected chi connectivity index (χ2v) is 7.48. The summed E-state index contributed by atoms with van der Waals surface area (Å²) in [7, 11) is 0. The molecule has 1 aliphatic rings. The Hall–Kier alpha value is -2.29. The molecule has 0 radical (unpaired) electrons. The lowest BCUT2D eigenvalue weighted by atomic mass is 10.0. The molecule has 2 aromatic rings. The molecule has 1 fully saturated rings. The van der Waals surface area contributed by atoms with Crippen LogP contribution in [0.2, 0.25) is 0 Å². The van der Waals surface area contributed by atoms with Crippen LogP contribution in [0.25, 0.3) is 0 Å². The van der Waals surface area contributed by atoms with E-state index in [9.17, 15) is 22.8 Å². The van der Waals surface area contributed by atoms with Crippen molar-refractivity contribution in [3.63, 3.8) is 0 Å². The number of alkyl halides is 3. The SMILES string of the molecule is CC[C@@H](NC(=O)c1cc(=O)[nH]c(C2CC2)n1)c1ccc(SC(F)(F)F)cc1. The van der Waals surface area contributed by atoms with Crippen LogP contribution in [0, 0.1) is 0 Å². The van der Waals surface area contributed by atoms with Crippen molar-refractivity contribution in [2.24, 2.45) is 0 Å². The Kier molecular flexibility index (Phi) is 5.59. The van der Waals surface area contributed by atoms with Gasteiger partial charge in [0.1, 0.15) is 11.5 Å². The topological polar surface area (TPSA) is 74.8 Å². The highest BCUT2D eigenvalue weighted by molar-refractivity contribution is 8.00. The summed E-state index contributed by atoms with van der Waals surface area (Å²) in [6, 6.07) is 6.62. The number of H-pyrrole nitrogens is 1. The number of aromatic nitrogens is 2. The third-order valence-electron chi connectivity index (χ3n) is 4.19. The molecule has 5 nitrogen and oxygen atoms in total. The van der Waals surface area contributed by atoms with E-state index in [4.69, 9.17) is 0 Å². The number of carbonyl (C=O) groups excluding carboxylic acids is 1. The Morgan fingerprint density at radius 3 is 2.56 bits per heavy atom. The normalized spacial score (nSPS) is 15.4. The molecular formula is C18H18F3N3O2S. The van der Waals surface area contributed by atoms with Gasteiger partial charge < -0.3 is 10.3 Å². The van der Waals surface area contributed by atoms with E-state index in [1.54, 1.807) is 12.1 Å². The highest BCUT2D eigenvalue weighted by Gasteiger charge is 2.29. The van der Waals surface area contributed by atoms with Crippen LogP contribution >= 0.6 is 11.8 Å². The Balaban J connectivity index is 1.73. The maximum absolute atomic E-state index is 12.5. The number of nitrogens with one attached hydrogen (secondary N) is 2. The zero-order valence-electron chi connectivity index (χ0n) is 14.5. The van der Waals surface area contributed by atoms with Crippen LogP contribution in [-0.4, -0.2) is 21.4 Å². The fraction of sp³-hybridized carbons (Fsp3) is 0.389. The van der Waals surface area contributed by atoms with Gasteiger partial charge in [-0.25, -0.2) is 4.98 Å². The maximum Gasteiger partial charge on any atom is 0.446 e. The molecule has 1 heterocycles. The fourth-order valence-electron chi connectivity index (χ4n) is 2.70. The third kappa shape index (κ3) is 5.35. The molecule has 2 N–H and O–H groups in total. The molecule has 144 valence electrons. The lowest BCUT2D eigenvalue weighted by Crippen LogP contribution is -2.30. The van der Waals surface area contributed by atoms with E-state index in [-0.39, 0.29) is 33.8 Å². The first kappa shape index (κ1) is 19.5. The van der Waals surface area contributed by atoms with Gasteiger partial charge >= 0.3 is 5.51 Å². The summed E-state index contributed by atoms with van der Waals surface area (Å²) >= 11 is -0.184. The van der Waals surface area contributed by atoms with Crippen molar-refractivity contribution in [1.29, 1.82) is 0 Å². The minimum absolute atomic E-state index is 0.0448. The van der Waals surface area contributed by atoms with Gasteiger partial charge in [0.2, 0.25) is 0 Å². The molecule has 27 heavy (non-hydrogen) atoms. The number of hydrogen-bond acceptors (Lipinski definition) is 4. The number of benzene rings is 1. The quantitative estimate of drug-likeness (QED) is 0.719. The summed E-state index contributed by atoms with van der Waals surface area (Å²) in [6.07, 6.45) is 2.41. The second-order valence-electron chi connectivity index (χ2n) is 6.34. The maximum atomic E-state index is 12.5. The number of nitrogens with zero attached hydrogens (tertiary/aromatic N) is 1. The zero-order valence-corrected chi connectivity index (χ0v) is 15.3. The monoisotopic (exact) mass is 397 g/mol. The van der Waals surface area contributed by atoms with Crippen molar-refractivity contribution in [1.82, 2.24) is 15.3 Å². The standard InChI is InChI=1S/C18H18F3N3O2S/c1-2-13(10-5-7-12(8-6-10)27-18(19,20)21)23-17(26)14-9-15(25)24-16(22-14)11-3-4-11/h5-9,11,13H,2-4H2,1H3,(H,23,26)(H,22,24,25)/t13-/m1/s1. The van der Waals surface area contributed by atoms with Gasteiger partial charge in [0.15, 0.2) is 0 Å². The zero-order chi connectivity index (χ0) is 19.6. The molecule has 0 bridgehead atoms. The number of rotatable bonds is 6. The molecular weight excluding hydrogens is 379 g/mol. The van der Waals surface area contributed by atoms with Gasteiger partial charge in [-0.3, -0.25) is 9.59 Å². The van der Waals surface area contributed by atoms with Gasteiger partial charge in [-0.1, -0.05) is 19.1 Å². The predicted octanol–water partition coefficient (Wildman–Crippen LogP) is 4.14. The van der Waals surface area contributed by atoms with E-state index in [1.807, 2.05) is 6.92 Å². The van der Waals surface area contributed by atoms with Crippen LogP contribution in [-0.2, 0) is 0 Å². The first-order valence-electron chi connectivity index (χ1n) is 8.53. The van der Waals surface area contributed by atoms with Gasteiger partial charge in [-0.05, 0) is 48.7 Å². The Morgan fingerprint density at radius 1 is 1.33 bits per heavy atom. The average Bonchev–Trinajstić information content (AvgIpc) is 3.43. The van der Waals surface area contributed by atoms with E-state index < -0.39 is 17.5 Å².